The molecule has 154 valence electrons. The first-order valence-corrected chi connectivity index (χ1v) is 11.7. The fourth-order valence-electron chi connectivity index (χ4n) is 4.42. The van der Waals surface area contributed by atoms with E-state index in [0.717, 1.165) is 37.8 Å². The van der Waals surface area contributed by atoms with Crippen molar-refractivity contribution in [2.75, 3.05) is 39.3 Å². The molecule has 2 aliphatic heterocycles. The molecule has 0 aromatic heterocycles. The van der Waals surface area contributed by atoms with Gasteiger partial charge in [-0.05, 0) is 49.3 Å². The van der Waals surface area contributed by atoms with E-state index in [1.165, 1.54) is 36.4 Å². The van der Waals surface area contributed by atoms with E-state index in [2.05, 4.69) is 20.9 Å². The zero-order chi connectivity index (χ0) is 18.4. The number of piperazine rings is 1. The van der Waals surface area contributed by atoms with Crippen LogP contribution in [0.25, 0.3) is 0 Å². The second kappa shape index (κ2) is 7.84. The Morgan fingerprint density at radius 1 is 0.964 bits per heavy atom. The predicted molar refractivity (Wildman–Crippen MR) is 113 cm³/mol. The molecule has 6 nitrogen and oxygen atoms in total. The number of guanidine groups is 1. The van der Waals surface area contributed by atoms with E-state index >= 15 is 0 Å². The highest BCUT2D eigenvalue weighted by Gasteiger charge is 2.37. The van der Waals surface area contributed by atoms with E-state index in [9.17, 15) is 8.42 Å². The van der Waals surface area contributed by atoms with E-state index in [-0.39, 0.29) is 12.4 Å². The van der Waals surface area contributed by atoms with Crippen molar-refractivity contribution in [2.45, 2.75) is 49.0 Å². The first-order chi connectivity index (χ1) is 13.1. The molecule has 1 saturated heterocycles. The lowest BCUT2D eigenvalue weighted by Gasteiger charge is -2.44. The summed E-state index contributed by atoms with van der Waals surface area (Å²) in [5, 5.41) is 0. The molecule has 0 radical (unpaired) electrons. The first-order valence-electron chi connectivity index (χ1n) is 10.3. The number of hydrogen-bond donors (Lipinski definition) is 0. The van der Waals surface area contributed by atoms with Crippen LogP contribution in [0.1, 0.15) is 43.6 Å². The third-order valence-corrected chi connectivity index (χ3v) is 8.24. The minimum Gasteiger partial charge on any atom is -0.339 e. The second-order valence-electron chi connectivity index (χ2n) is 8.21. The van der Waals surface area contributed by atoms with Gasteiger partial charge in [-0.2, -0.15) is 0 Å². The molecule has 5 rings (SSSR count). The van der Waals surface area contributed by atoms with Gasteiger partial charge in [0.25, 0.3) is 10.0 Å². The van der Waals surface area contributed by atoms with Crippen molar-refractivity contribution in [3.05, 3.63) is 29.8 Å². The maximum absolute atomic E-state index is 13.3. The molecule has 0 bridgehead atoms. The van der Waals surface area contributed by atoms with E-state index < -0.39 is 10.0 Å². The Kier molecular flexibility index (Phi) is 5.60. The van der Waals surface area contributed by atoms with Crippen molar-refractivity contribution >= 4 is 28.4 Å². The molecular weight excluding hydrogens is 396 g/mol. The average Bonchev–Trinajstić information content (AvgIpc) is 3.37. The van der Waals surface area contributed by atoms with Crippen LogP contribution in [0.2, 0.25) is 0 Å². The van der Waals surface area contributed by atoms with Gasteiger partial charge in [0, 0.05) is 32.2 Å². The molecule has 28 heavy (non-hydrogen) atoms. The van der Waals surface area contributed by atoms with E-state index in [1.54, 1.807) is 6.07 Å². The Balaban J connectivity index is 0.00000192. The molecule has 1 aromatic rings. The van der Waals surface area contributed by atoms with Gasteiger partial charge in [-0.15, -0.1) is 12.4 Å². The number of benzene rings is 1. The zero-order valence-corrected chi connectivity index (χ0v) is 17.8. The quantitative estimate of drug-likeness (QED) is 0.745. The summed E-state index contributed by atoms with van der Waals surface area (Å²) in [6, 6.07) is 8.28. The molecule has 8 heteroatoms. The summed E-state index contributed by atoms with van der Waals surface area (Å²) in [7, 11) is -3.54. The molecule has 0 amide bonds. The van der Waals surface area contributed by atoms with Crippen LogP contribution in [0.4, 0.5) is 0 Å². The van der Waals surface area contributed by atoms with Crippen molar-refractivity contribution in [1.29, 1.82) is 0 Å². The lowest BCUT2D eigenvalue weighted by Crippen LogP contribution is -2.56. The zero-order valence-electron chi connectivity index (χ0n) is 16.2. The first kappa shape index (κ1) is 20.0. The van der Waals surface area contributed by atoms with E-state index in [1.807, 2.05) is 12.1 Å². The third kappa shape index (κ3) is 3.64. The number of hydrogen-bond acceptors (Lipinski definition) is 5. The van der Waals surface area contributed by atoms with Crippen LogP contribution in [-0.4, -0.2) is 73.8 Å². The molecule has 3 fully saturated rings. The highest BCUT2D eigenvalue weighted by atomic mass is 35.5. The number of halogens is 1. The summed E-state index contributed by atoms with van der Waals surface area (Å²) >= 11 is 0. The summed E-state index contributed by atoms with van der Waals surface area (Å²) in [6.45, 7) is 4.75. The van der Waals surface area contributed by atoms with Gasteiger partial charge in [0.1, 0.15) is 0 Å². The maximum atomic E-state index is 13.3. The lowest BCUT2D eigenvalue weighted by atomic mass is 9.91. The average molecular weight is 425 g/mol. The highest BCUT2D eigenvalue weighted by Crippen LogP contribution is 2.40. The molecule has 4 aliphatic rings. The summed E-state index contributed by atoms with van der Waals surface area (Å²) in [5.74, 6) is 1.20. The molecule has 0 unspecified atom stereocenters. The molecule has 1 aromatic carbocycles. The van der Waals surface area contributed by atoms with Crippen molar-refractivity contribution in [3.8, 4) is 0 Å². The summed E-state index contributed by atoms with van der Waals surface area (Å²) in [5.41, 5.74) is 1.16. The summed E-state index contributed by atoms with van der Waals surface area (Å²) in [4.78, 5) is 9.72. The number of nitrogens with zero attached hydrogens (tertiary/aromatic N) is 4. The van der Waals surface area contributed by atoms with Gasteiger partial charge in [0.05, 0.1) is 18.0 Å². The van der Waals surface area contributed by atoms with Gasteiger partial charge < -0.3 is 4.90 Å². The predicted octanol–water partition coefficient (Wildman–Crippen LogP) is 2.52. The van der Waals surface area contributed by atoms with Crippen LogP contribution >= 0.6 is 12.4 Å². The SMILES string of the molecule is Cl.O=S(=O)(c1cccc(C2CC2)c1)N1CCN=C1N1CCN(C2CCC2)CC1. The molecule has 0 spiro atoms. The van der Waals surface area contributed by atoms with Crippen molar-refractivity contribution in [1.82, 2.24) is 14.1 Å². The summed E-state index contributed by atoms with van der Waals surface area (Å²) < 4.78 is 28.2. The highest BCUT2D eigenvalue weighted by molar-refractivity contribution is 7.89. The van der Waals surface area contributed by atoms with Crippen molar-refractivity contribution < 1.29 is 8.42 Å². The molecular formula is C20H29ClN4O2S. The number of rotatable bonds is 4. The number of aliphatic imine (C=N–C) groups is 1. The Hall–Kier alpha value is -1.31. The molecule has 0 N–H and O–H groups in total. The third-order valence-electron chi connectivity index (χ3n) is 6.46. The maximum Gasteiger partial charge on any atom is 0.266 e. The van der Waals surface area contributed by atoms with Gasteiger partial charge in [-0.1, -0.05) is 18.6 Å². The number of sulfonamides is 1. The van der Waals surface area contributed by atoms with Crippen molar-refractivity contribution in [3.63, 3.8) is 0 Å². The van der Waals surface area contributed by atoms with Crippen LogP contribution in [0.15, 0.2) is 34.2 Å². The van der Waals surface area contributed by atoms with Crippen LogP contribution in [0.3, 0.4) is 0 Å². The largest absolute Gasteiger partial charge is 0.339 e. The standard InChI is InChI=1S/C20H28N4O2S.ClH/c25-27(26,19-6-1-3-17(15-19)16-7-8-16)24-10-9-21-20(24)23-13-11-22(12-14-23)18-4-2-5-18;/h1,3,6,15-16,18H,2,4-5,7-14H2;1H. The van der Waals surface area contributed by atoms with E-state index in [4.69, 9.17) is 0 Å². The van der Waals surface area contributed by atoms with Gasteiger partial charge in [0.15, 0.2) is 0 Å². The van der Waals surface area contributed by atoms with Gasteiger partial charge in [-0.25, -0.2) is 12.7 Å². The van der Waals surface area contributed by atoms with Crippen LogP contribution in [-0.2, 0) is 10.0 Å². The minimum absolute atomic E-state index is 0. The van der Waals surface area contributed by atoms with Gasteiger partial charge in [0.2, 0.25) is 5.96 Å². The molecule has 0 atom stereocenters. The lowest BCUT2D eigenvalue weighted by molar-refractivity contribution is 0.0833. The van der Waals surface area contributed by atoms with Gasteiger partial charge >= 0.3 is 0 Å². The topological polar surface area (TPSA) is 56.2 Å². The normalized spacial score (nSPS) is 23.9. The second-order valence-corrected chi connectivity index (χ2v) is 10.1. The Morgan fingerprint density at radius 2 is 1.71 bits per heavy atom. The van der Waals surface area contributed by atoms with Crippen molar-refractivity contribution in [2.24, 2.45) is 4.99 Å². The Morgan fingerprint density at radius 3 is 2.36 bits per heavy atom. The summed E-state index contributed by atoms with van der Waals surface area (Å²) in [6.07, 6.45) is 6.33. The van der Waals surface area contributed by atoms with Gasteiger partial charge in [-0.3, -0.25) is 9.89 Å². The van der Waals surface area contributed by atoms with Crippen LogP contribution in [0, 0.1) is 0 Å². The fraction of sp³-hybridized carbons (Fsp3) is 0.650. The smallest absolute Gasteiger partial charge is 0.266 e. The Labute approximate surface area is 174 Å². The molecule has 2 heterocycles. The Bertz CT molecular complexity index is 844. The monoisotopic (exact) mass is 424 g/mol. The minimum atomic E-state index is -3.54. The van der Waals surface area contributed by atoms with E-state index in [0.29, 0.717) is 29.9 Å². The molecule has 2 saturated carbocycles. The fourth-order valence-corrected chi connectivity index (χ4v) is 5.92. The van der Waals surface area contributed by atoms with Crippen LogP contribution in [0.5, 0.6) is 0 Å². The molecule has 2 aliphatic carbocycles. The van der Waals surface area contributed by atoms with Crippen LogP contribution < -0.4 is 0 Å².